The molecular weight excluding hydrogens is 174 g/mol. The first-order chi connectivity index (χ1) is 6.65. The fourth-order valence-corrected chi connectivity index (χ4v) is 1.34. The Morgan fingerprint density at radius 3 is 2.93 bits per heavy atom. The van der Waals surface area contributed by atoms with Gasteiger partial charge in [-0.05, 0) is 19.9 Å². The predicted octanol–water partition coefficient (Wildman–Crippen LogP) is 1.98. The third kappa shape index (κ3) is 2.51. The fraction of sp³-hybridized carbons (Fsp3) is 0.333. The molecule has 1 aromatic carbocycles. The molecule has 0 saturated heterocycles. The van der Waals surface area contributed by atoms with Crippen molar-refractivity contribution in [2.24, 2.45) is 0 Å². The van der Waals surface area contributed by atoms with E-state index in [2.05, 4.69) is 11.2 Å². The molecule has 0 saturated carbocycles. The van der Waals surface area contributed by atoms with Gasteiger partial charge in [0.25, 0.3) is 0 Å². The average Bonchev–Trinajstić information content (AvgIpc) is 2.18. The first-order valence-electron chi connectivity index (χ1n) is 4.61. The van der Waals surface area contributed by atoms with Crippen molar-refractivity contribution in [2.75, 3.05) is 6.54 Å². The lowest BCUT2D eigenvalue weighted by Crippen LogP contribution is -2.18. The van der Waals surface area contributed by atoms with Gasteiger partial charge >= 0.3 is 0 Å². The molecule has 0 amide bonds. The zero-order valence-electron chi connectivity index (χ0n) is 8.54. The second kappa shape index (κ2) is 4.69. The lowest BCUT2D eigenvalue weighted by atomic mass is 10.0. The van der Waals surface area contributed by atoms with Crippen LogP contribution in [0.5, 0.6) is 5.75 Å². The average molecular weight is 189 g/mol. The van der Waals surface area contributed by atoms with Gasteiger partial charge in [-0.3, -0.25) is 5.32 Å². The van der Waals surface area contributed by atoms with Gasteiger partial charge in [0.05, 0.1) is 6.54 Å². The maximum absolute atomic E-state index is 9.61. The van der Waals surface area contributed by atoms with Crippen molar-refractivity contribution in [3.63, 3.8) is 0 Å². The highest BCUT2D eigenvalue weighted by molar-refractivity contribution is 5.37. The molecule has 1 rings (SSSR count). The minimum absolute atomic E-state index is 0.0750. The SMILES string of the molecule is C#CCNC(C)c1cc(C)ccc1O. The Hall–Kier alpha value is -1.46. The molecule has 1 aromatic rings. The molecule has 1 unspecified atom stereocenters. The number of hydrogen-bond acceptors (Lipinski definition) is 2. The molecule has 0 aliphatic heterocycles. The molecular formula is C12H15NO. The summed E-state index contributed by atoms with van der Waals surface area (Å²) in [5, 5.41) is 12.7. The summed E-state index contributed by atoms with van der Waals surface area (Å²) in [6.45, 7) is 4.48. The quantitative estimate of drug-likeness (QED) is 0.713. The number of nitrogens with one attached hydrogen (secondary N) is 1. The first-order valence-corrected chi connectivity index (χ1v) is 4.61. The summed E-state index contributed by atoms with van der Waals surface area (Å²) in [5.74, 6) is 2.82. The number of hydrogen-bond donors (Lipinski definition) is 2. The Morgan fingerprint density at radius 1 is 1.57 bits per heavy atom. The second-order valence-electron chi connectivity index (χ2n) is 3.37. The summed E-state index contributed by atoms with van der Waals surface area (Å²) in [5.41, 5.74) is 2.02. The van der Waals surface area contributed by atoms with Crippen LogP contribution in [0, 0.1) is 19.3 Å². The third-order valence-corrected chi connectivity index (χ3v) is 2.16. The molecule has 1 atom stereocenters. The molecule has 0 heterocycles. The molecule has 74 valence electrons. The van der Waals surface area contributed by atoms with E-state index < -0.39 is 0 Å². The standard InChI is InChI=1S/C12H15NO/c1-4-7-13-10(3)11-8-9(2)5-6-12(11)14/h1,5-6,8,10,13-14H,7H2,2-3H3. The molecule has 2 heteroatoms. The van der Waals surface area contributed by atoms with Gasteiger partial charge < -0.3 is 5.11 Å². The molecule has 0 aromatic heterocycles. The molecule has 0 fully saturated rings. The van der Waals surface area contributed by atoms with Crippen LogP contribution in [0.4, 0.5) is 0 Å². The number of rotatable bonds is 3. The molecule has 0 aliphatic rings. The predicted molar refractivity (Wildman–Crippen MR) is 58.1 cm³/mol. The van der Waals surface area contributed by atoms with Crippen molar-refractivity contribution in [1.82, 2.24) is 5.32 Å². The minimum Gasteiger partial charge on any atom is -0.508 e. The first kappa shape index (κ1) is 10.6. The Labute approximate surface area is 85.0 Å². The van der Waals surface area contributed by atoms with Crippen LogP contribution in [0.25, 0.3) is 0 Å². The van der Waals surface area contributed by atoms with Crippen molar-refractivity contribution >= 4 is 0 Å². The molecule has 14 heavy (non-hydrogen) atoms. The summed E-state index contributed by atoms with van der Waals surface area (Å²) in [6.07, 6.45) is 5.15. The second-order valence-corrected chi connectivity index (χ2v) is 3.37. The van der Waals surface area contributed by atoms with E-state index >= 15 is 0 Å². The Balaban J connectivity index is 2.83. The van der Waals surface area contributed by atoms with E-state index in [4.69, 9.17) is 6.42 Å². The van der Waals surface area contributed by atoms with Crippen LogP contribution in [-0.4, -0.2) is 11.7 Å². The van der Waals surface area contributed by atoms with Crippen LogP contribution >= 0.6 is 0 Å². The van der Waals surface area contributed by atoms with Gasteiger partial charge in [-0.15, -0.1) is 6.42 Å². The summed E-state index contributed by atoms with van der Waals surface area (Å²) in [4.78, 5) is 0. The van der Waals surface area contributed by atoms with Gasteiger partial charge in [0.2, 0.25) is 0 Å². The van der Waals surface area contributed by atoms with E-state index in [0.29, 0.717) is 12.3 Å². The number of phenolic OH excluding ortho intramolecular Hbond substituents is 1. The number of aromatic hydroxyl groups is 1. The highest BCUT2D eigenvalue weighted by Crippen LogP contribution is 2.24. The zero-order chi connectivity index (χ0) is 10.6. The van der Waals surface area contributed by atoms with Crippen LogP contribution in [0.2, 0.25) is 0 Å². The normalized spacial score (nSPS) is 12.1. The van der Waals surface area contributed by atoms with E-state index in [9.17, 15) is 5.11 Å². The van der Waals surface area contributed by atoms with E-state index in [1.54, 1.807) is 6.07 Å². The van der Waals surface area contributed by atoms with Gasteiger partial charge in [0.1, 0.15) is 5.75 Å². The van der Waals surface area contributed by atoms with E-state index in [1.165, 1.54) is 0 Å². The van der Waals surface area contributed by atoms with Gasteiger partial charge in [-0.2, -0.15) is 0 Å². The van der Waals surface area contributed by atoms with Gasteiger partial charge in [0.15, 0.2) is 0 Å². The van der Waals surface area contributed by atoms with Gasteiger partial charge in [-0.1, -0.05) is 23.6 Å². The molecule has 0 bridgehead atoms. The highest BCUT2D eigenvalue weighted by Gasteiger charge is 2.08. The molecule has 0 aliphatic carbocycles. The third-order valence-electron chi connectivity index (χ3n) is 2.16. The summed E-state index contributed by atoms with van der Waals surface area (Å²) in [6, 6.07) is 5.63. The largest absolute Gasteiger partial charge is 0.508 e. The number of terminal acetylenes is 1. The fourth-order valence-electron chi connectivity index (χ4n) is 1.34. The minimum atomic E-state index is 0.0750. The maximum Gasteiger partial charge on any atom is 0.120 e. The van der Waals surface area contributed by atoms with Crippen LogP contribution in [0.15, 0.2) is 18.2 Å². The Morgan fingerprint density at radius 2 is 2.29 bits per heavy atom. The molecule has 0 spiro atoms. The topological polar surface area (TPSA) is 32.3 Å². The van der Waals surface area contributed by atoms with Crippen molar-refractivity contribution in [1.29, 1.82) is 0 Å². The highest BCUT2D eigenvalue weighted by atomic mass is 16.3. The smallest absolute Gasteiger partial charge is 0.120 e. The number of aryl methyl sites for hydroxylation is 1. The lowest BCUT2D eigenvalue weighted by molar-refractivity contribution is 0.456. The summed E-state index contributed by atoms with van der Waals surface area (Å²) >= 11 is 0. The van der Waals surface area contributed by atoms with Crippen molar-refractivity contribution < 1.29 is 5.11 Å². The zero-order valence-corrected chi connectivity index (χ0v) is 8.54. The van der Waals surface area contributed by atoms with E-state index in [-0.39, 0.29) is 6.04 Å². The molecule has 0 radical (unpaired) electrons. The van der Waals surface area contributed by atoms with E-state index in [1.807, 2.05) is 26.0 Å². The number of benzene rings is 1. The van der Waals surface area contributed by atoms with Crippen LogP contribution in [-0.2, 0) is 0 Å². The summed E-state index contributed by atoms with van der Waals surface area (Å²) < 4.78 is 0. The molecule has 2 nitrogen and oxygen atoms in total. The lowest BCUT2D eigenvalue weighted by Gasteiger charge is -2.14. The van der Waals surface area contributed by atoms with E-state index in [0.717, 1.165) is 11.1 Å². The maximum atomic E-state index is 9.61. The van der Waals surface area contributed by atoms with Crippen molar-refractivity contribution in [3.8, 4) is 18.1 Å². The monoisotopic (exact) mass is 189 g/mol. The summed E-state index contributed by atoms with van der Waals surface area (Å²) in [7, 11) is 0. The Bertz CT molecular complexity index is 352. The van der Waals surface area contributed by atoms with Crippen molar-refractivity contribution in [3.05, 3.63) is 29.3 Å². The van der Waals surface area contributed by atoms with Gasteiger partial charge in [0, 0.05) is 11.6 Å². The van der Waals surface area contributed by atoms with Crippen LogP contribution in [0.3, 0.4) is 0 Å². The van der Waals surface area contributed by atoms with Crippen LogP contribution in [0.1, 0.15) is 24.1 Å². The van der Waals surface area contributed by atoms with Crippen LogP contribution < -0.4 is 5.32 Å². The molecule has 2 N–H and O–H groups in total. The van der Waals surface area contributed by atoms with Crippen molar-refractivity contribution in [2.45, 2.75) is 19.9 Å². The van der Waals surface area contributed by atoms with Gasteiger partial charge in [-0.25, -0.2) is 0 Å². The number of phenols is 1. The Kier molecular flexibility index (Phi) is 3.55.